The number of sulfonamides is 1. The Morgan fingerprint density at radius 2 is 1.75 bits per heavy atom. The highest BCUT2D eigenvalue weighted by Gasteiger charge is 2.15. The smallest absolute Gasteiger partial charge is 0.266 e. The van der Waals surface area contributed by atoms with E-state index >= 15 is 0 Å². The van der Waals surface area contributed by atoms with Gasteiger partial charge in [-0.05, 0) is 68.3 Å². The molecule has 0 aliphatic rings. The Morgan fingerprint density at radius 1 is 1.03 bits per heavy atom. The second-order valence-corrected chi connectivity index (χ2v) is 9.13. The van der Waals surface area contributed by atoms with E-state index in [0.29, 0.717) is 11.4 Å². The molecule has 7 nitrogen and oxygen atoms in total. The SMILES string of the molecule is Cc1ccc(S(=O)(=O)NCc2ccc(/C=C(/C#N)C(=O)Nc3ccc(C)c(C)c3)o2)cc1. The Hall–Kier alpha value is -3.67. The van der Waals surface area contributed by atoms with Crippen molar-refractivity contribution in [2.24, 2.45) is 0 Å². The van der Waals surface area contributed by atoms with E-state index in [4.69, 9.17) is 4.42 Å². The van der Waals surface area contributed by atoms with Crippen LogP contribution in [0.2, 0.25) is 0 Å². The maximum absolute atomic E-state index is 12.5. The Morgan fingerprint density at radius 3 is 2.41 bits per heavy atom. The Balaban J connectivity index is 1.67. The molecule has 2 aromatic carbocycles. The first kappa shape index (κ1) is 23.0. The van der Waals surface area contributed by atoms with Gasteiger partial charge in [0.15, 0.2) is 0 Å². The van der Waals surface area contributed by atoms with E-state index in [9.17, 15) is 18.5 Å². The number of benzene rings is 2. The molecule has 0 spiro atoms. The third kappa shape index (κ3) is 5.72. The molecule has 0 atom stereocenters. The van der Waals surface area contributed by atoms with Gasteiger partial charge in [0.25, 0.3) is 5.91 Å². The van der Waals surface area contributed by atoms with E-state index in [1.165, 1.54) is 18.2 Å². The lowest BCUT2D eigenvalue weighted by atomic mass is 10.1. The second-order valence-electron chi connectivity index (χ2n) is 7.36. The lowest BCUT2D eigenvalue weighted by Gasteiger charge is -2.07. The molecule has 3 aromatic rings. The molecular formula is C24H23N3O4S. The van der Waals surface area contributed by atoms with E-state index in [0.717, 1.165) is 16.7 Å². The highest BCUT2D eigenvalue weighted by atomic mass is 32.2. The van der Waals surface area contributed by atoms with Crippen molar-refractivity contribution in [1.82, 2.24) is 4.72 Å². The molecule has 1 aromatic heterocycles. The van der Waals surface area contributed by atoms with Crippen molar-refractivity contribution in [3.8, 4) is 6.07 Å². The Kier molecular flexibility index (Phi) is 6.93. The predicted octanol–water partition coefficient (Wildman–Crippen LogP) is 4.23. The summed E-state index contributed by atoms with van der Waals surface area (Å²) < 4.78 is 32.8. The van der Waals surface area contributed by atoms with Gasteiger partial charge in [-0.3, -0.25) is 4.79 Å². The molecule has 1 amide bonds. The maximum atomic E-state index is 12.5. The summed E-state index contributed by atoms with van der Waals surface area (Å²) in [6.07, 6.45) is 1.31. The van der Waals surface area contributed by atoms with E-state index in [-0.39, 0.29) is 22.8 Å². The lowest BCUT2D eigenvalue weighted by molar-refractivity contribution is -0.112. The van der Waals surface area contributed by atoms with Crippen molar-refractivity contribution in [1.29, 1.82) is 5.26 Å². The number of hydrogen-bond donors (Lipinski definition) is 2. The second kappa shape index (κ2) is 9.64. The van der Waals surface area contributed by atoms with E-state index in [1.54, 1.807) is 30.3 Å². The van der Waals surface area contributed by atoms with Crippen molar-refractivity contribution in [2.75, 3.05) is 5.32 Å². The summed E-state index contributed by atoms with van der Waals surface area (Å²) in [6.45, 7) is 5.71. The lowest BCUT2D eigenvalue weighted by Crippen LogP contribution is -2.22. The van der Waals surface area contributed by atoms with Gasteiger partial charge in [0.2, 0.25) is 10.0 Å². The summed E-state index contributed by atoms with van der Waals surface area (Å²) in [5.41, 5.74) is 3.53. The van der Waals surface area contributed by atoms with Crippen LogP contribution in [0.1, 0.15) is 28.2 Å². The van der Waals surface area contributed by atoms with Crippen LogP contribution >= 0.6 is 0 Å². The van der Waals surface area contributed by atoms with Gasteiger partial charge in [-0.25, -0.2) is 13.1 Å². The van der Waals surface area contributed by atoms with Gasteiger partial charge in [-0.2, -0.15) is 5.26 Å². The van der Waals surface area contributed by atoms with Crippen LogP contribution in [0, 0.1) is 32.1 Å². The number of nitrogens with zero attached hydrogens (tertiary/aromatic N) is 1. The summed E-state index contributed by atoms with van der Waals surface area (Å²) in [4.78, 5) is 12.6. The number of nitriles is 1. The van der Waals surface area contributed by atoms with Crippen molar-refractivity contribution in [2.45, 2.75) is 32.2 Å². The van der Waals surface area contributed by atoms with Gasteiger partial charge in [0.05, 0.1) is 11.4 Å². The fourth-order valence-corrected chi connectivity index (χ4v) is 3.84. The molecular weight excluding hydrogens is 426 g/mol. The minimum atomic E-state index is -3.69. The van der Waals surface area contributed by atoms with E-state index in [2.05, 4.69) is 10.0 Å². The van der Waals surface area contributed by atoms with Crippen LogP contribution in [0.3, 0.4) is 0 Å². The normalized spacial score (nSPS) is 11.8. The predicted molar refractivity (Wildman–Crippen MR) is 122 cm³/mol. The van der Waals surface area contributed by atoms with E-state index in [1.807, 2.05) is 39.0 Å². The average Bonchev–Trinajstić information content (AvgIpc) is 3.21. The number of hydrogen-bond acceptors (Lipinski definition) is 5. The first-order valence-corrected chi connectivity index (χ1v) is 11.3. The molecule has 0 aliphatic carbocycles. The summed E-state index contributed by atoms with van der Waals surface area (Å²) in [5, 5.41) is 12.1. The van der Waals surface area contributed by atoms with Crippen molar-refractivity contribution >= 4 is 27.7 Å². The van der Waals surface area contributed by atoms with Crippen LogP contribution in [0.4, 0.5) is 5.69 Å². The first-order valence-electron chi connectivity index (χ1n) is 9.83. The van der Waals surface area contributed by atoms with E-state index < -0.39 is 15.9 Å². The number of rotatable bonds is 7. The quantitative estimate of drug-likeness (QED) is 0.414. The van der Waals surface area contributed by atoms with Gasteiger partial charge in [-0.15, -0.1) is 0 Å². The van der Waals surface area contributed by atoms with Gasteiger partial charge in [-0.1, -0.05) is 23.8 Å². The average molecular weight is 450 g/mol. The van der Waals surface area contributed by atoms with Crippen molar-refractivity contribution in [3.05, 3.63) is 88.4 Å². The highest BCUT2D eigenvalue weighted by Crippen LogP contribution is 2.17. The fraction of sp³-hybridized carbons (Fsp3) is 0.167. The standard InChI is InChI=1S/C24H23N3O4S/c1-16-4-10-23(11-5-16)32(29,30)26-15-22-9-8-21(31-22)13-19(14-25)24(28)27-20-7-6-17(2)18(3)12-20/h4-13,26H,15H2,1-3H3,(H,27,28)/b19-13-. The number of furan rings is 1. The van der Waals surface area contributed by atoms with Crippen LogP contribution in [-0.2, 0) is 21.4 Å². The number of carbonyl (C=O) groups is 1. The van der Waals surface area contributed by atoms with Crippen molar-refractivity contribution < 1.29 is 17.6 Å². The van der Waals surface area contributed by atoms with Gasteiger partial charge >= 0.3 is 0 Å². The molecule has 0 aliphatic heterocycles. The summed E-state index contributed by atoms with van der Waals surface area (Å²) in [7, 11) is -3.69. The molecule has 8 heteroatoms. The molecule has 164 valence electrons. The largest absolute Gasteiger partial charge is 0.460 e. The minimum absolute atomic E-state index is 0.0687. The number of anilines is 1. The first-order chi connectivity index (χ1) is 15.2. The summed E-state index contributed by atoms with van der Waals surface area (Å²) in [5.74, 6) is 0.0499. The topological polar surface area (TPSA) is 112 Å². The Bertz CT molecular complexity index is 1310. The van der Waals surface area contributed by atoms with Crippen LogP contribution in [0.15, 0.2) is 69.5 Å². The number of nitrogens with one attached hydrogen (secondary N) is 2. The fourth-order valence-electron chi connectivity index (χ4n) is 2.84. The number of amides is 1. The molecule has 2 N–H and O–H groups in total. The number of carbonyl (C=O) groups excluding carboxylic acids is 1. The number of aryl methyl sites for hydroxylation is 3. The van der Waals surface area contributed by atoms with Crippen molar-refractivity contribution in [3.63, 3.8) is 0 Å². The van der Waals surface area contributed by atoms with Gasteiger partial charge < -0.3 is 9.73 Å². The summed E-state index contributed by atoms with van der Waals surface area (Å²) in [6, 6.07) is 17.0. The molecule has 3 rings (SSSR count). The van der Waals surface area contributed by atoms with Crippen LogP contribution in [0.5, 0.6) is 0 Å². The van der Waals surface area contributed by atoms with Gasteiger partial charge in [0.1, 0.15) is 23.2 Å². The summed E-state index contributed by atoms with van der Waals surface area (Å²) >= 11 is 0. The molecule has 0 fully saturated rings. The van der Waals surface area contributed by atoms with Gasteiger partial charge in [0, 0.05) is 11.8 Å². The monoisotopic (exact) mass is 449 g/mol. The van der Waals surface area contributed by atoms with Crippen LogP contribution in [-0.4, -0.2) is 14.3 Å². The molecule has 0 saturated carbocycles. The molecule has 0 radical (unpaired) electrons. The zero-order valence-electron chi connectivity index (χ0n) is 18.0. The maximum Gasteiger partial charge on any atom is 0.266 e. The van der Waals surface area contributed by atoms with Crippen LogP contribution < -0.4 is 10.0 Å². The zero-order chi connectivity index (χ0) is 23.3. The molecule has 0 bridgehead atoms. The zero-order valence-corrected chi connectivity index (χ0v) is 18.8. The highest BCUT2D eigenvalue weighted by molar-refractivity contribution is 7.89. The molecule has 1 heterocycles. The van der Waals surface area contributed by atoms with Crippen LogP contribution in [0.25, 0.3) is 6.08 Å². The minimum Gasteiger partial charge on any atom is -0.460 e. The third-order valence-electron chi connectivity index (χ3n) is 4.87. The molecule has 0 saturated heterocycles. The molecule has 0 unspecified atom stereocenters. The molecule has 32 heavy (non-hydrogen) atoms. The third-order valence-corrected chi connectivity index (χ3v) is 6.28. The Labute approximate surface area is 187 Å².